The summed E-state index contributed by atoms with van der Waals surface area (Å²) in [7, 11) is 1.66. The SMILES string of the molecule is Cc1c(/C=C/CN(C)C(=O)OCc2ccccc2)c2c(Cl)ccnc2n1C(=O)OC(C)(C)C. The topological polar surface area (TPSA) is 73.7 Å². The molecule has 0 radical (unpaired) electrons. The molecule has 2 heterocycles. The van der Waals surface area contributed by atoms with E-state index in [4.69, 9.17) is 21.1 Å². The average Bonchev–Trinajstić information content (AvgIpc) is 3.04. The lowest BCUT2D eigenvalue weighted by Gasteiger charge is -2.20. The molecule has 3 aromatic rings. The van der Waals surface area contributed by atoms with Crippen molar-refractivity contribution in [2.24, 2.45) is 0 Å². The van der Waals surface area contributed by atoms with Gasteiger partial charge in [0.25, 0.3) is 0 Å². The normalized spacial score (nSPS) is 11.7. The van der Waals surface area contributed by atoms with Crippen LogP contribution >= 0.6 is 11.6 Å². The molecular weight excluding hydrogens is 442 g/mol. The smallest absolute Gasteiger partial charge is 0.420 e. The van der Waals surface area contributed by atoms with Crippen molar-refractivity contribution in [1.29, 1.82) is 0 Å². The van der Waals surface area contributed by atoms with E-state index < -0.39 is 17.8 Å². The number of benzene rings is 1. The Morgan fingerprint density at radius 2 is 1.88 bits per heavy atom. The summed E-state index contributed by atoms with van der Waals surface area (Å²) in [4.78, 5) is 31.0. The molecule has 174 valence electrons. The van der Waals surface area contributed by atoms with Crippen molar-refractivity contribution in [1.82, 2.24) is 14.5 Å². The highest BCUT2D eigenvalue weighted by Crippen LogP contribution is 2.32. The van der Waals surface area contributed by atoms with Gasteiger partial charge in [-0.15, -0.1) is 0 Å². The number of ether oxygens (including phenoxy) is 2. The monoisotopic (exact) mass is 469 g/mol. The molecule has 1 amide bonds. The first-order valence-corrected chi connectivity index (χ1v) is 10.9. The second kappa shape index (κ2) is 10.1. The van der Waals surface area contributed by atoms with E-state index in [0.717, 1.165) is 11.1 Å². The number of nitrogens with zero attached hydrogens (tertiary/aromatic N) is 3. The summed E-state index contributed by atoms with van der Waals surface area (Å²) in [5.74, 6) is 0. The van der Waals surface area contributed by atoms with Gasteiger partial charge in [0.15, 0.2) is 5.65 Å². The Morgan fingerprint density at radius 1 is 1.18 bits per heavy atom. The van der Waals surface area contributed by atoms with Crippen molar-refractivity contribution in [3.63, 3.8) is 0 Å². The van der Waals surface area contributed by atoms with E-state index >= 15 is 0 Å². The van der Waals surface area contributed by atoms with Crippen LogP contribution in [0.2, 0.25) is 5.02 Å². The molecule has 8 heteroatoms. The van der Waals surface area contributed by atoms with Crippen molar-refractivity contribution in [2.75, 3.05) is 13.6 Å². The quantitative estimate of drug-likeness (QED) is 0.453. The van der Waals surface area contributed by atoms with Crippen molar-refractivity contribution in [3.8, 4) is 0 Å². The summed E-state index contributed by atoms with van der Waals surface area (Å²) in [5.41, 5.74) is 2.06. The van der Waals surface area contributed by atoms with E-state index in [9.17, 15) is 9.59 Å². The van der Waals surface area contributed by atoms with Gasteiger partial charge in [-0.1, -0.05) is 54.1 Å². The van der Waals surface area contributed by atoms with Gasteiger partial charge in [0.1, 0.15) is 12.2 Å². The lowest BCUT2D eigenvalue weighted by Crippen LogP contribution is -2.27. The zero-order valence-corrected chi connectivity index (χ0v) is 20.2. The van der Waals surface area contributed by atoms with Crippen LogP contribution < -0.4 is 0 Å². The summed E-state index contributed by atoms with van der Waals surface area (Å²) < 4.78 is 12.3. The summed E-state index contributed by atoms with van der Waals surface area (Å²) in [6.07, 6.45) is 4.23. The molecule has 0 spiro atoms. The molecule has 3 rings (SSSR count). The predicted molar refractivity (Wildman–Crippen MR) is 129 cm³/mol. The molecule has 33 heavy (non-hydrogen) atoms. The minimum atomic E-state index is -0.655. The van der Waals surface area contributed by atoms with E-state index in [1.807, 2.05) is 42.5 Å². The van der Waals surface area contributed by atoms with E-state index in [1.165, 1.54) is 9.47 Å². The number of aromatic nitrogens is 2. The van der Waals surface area contributed by atoms with Crippen LogP contribution in [-0.4, -0.2) is 45.8 Å². The van der Waals surface area contributed by atoms with Gasteiger partial charge in [-0.25, -0.2) is 19.1 Å². The Morgan fingerprint density at radius 3 is 2.55 bits per heavy atom. The first-order valence-electron chi connectivity index (χ1n) is 10.6. The third-order valence-corrected chi connectivity index (χ3v) is 5.16. The second-order valence-electron chi connectivity index (χ2n) is 8.63. The van der Waals surface area contributed by atoms with E-state index in [0.29, 0.717) is 28.3 Å². The van der Waals surface area contributed by atoms with Crippen LogP contribution in [-0.2, 0) is 16.1 Å². The Hall–Kier alpha value is -3.32. The van der Waals surface area contributed by atoms with E-state index in [1.54, 1.807) is 47.0 Å². The maximum Gasteiger partial charge on any atom is 0.420 e. The lowest BCUT2D eigenvalue weighted by molar-refractivity contribution is 0.0540. The highest BCUT2D eigenvalue weighted by atomic mass is 35.5. The van der Waals surface area contributed by atoms with Gasteiger partial charge >= 0.3 is 12.2 Å². The standard InChI is InChI=1S/C25H28ClN3O4/c1-17-19(12-9-15-28(5)23(30)32-16-18-10-7-6-8-11-18)21-20(26)13-14-27-22(21)29(17)24(31)33-25(2,3)4/h6-14H,15-16H2,1-5H3/b12-9+. The molecule has 7 nitrogen and oxygen atoms in total. The average molecular weight is 470 g/mol. The fourth-order valence-electron chi connectivity index (χ4n) is 3.27. The van der Waals surface area contributed by atoms with Crippen LogP contribution in [0.5, 0.6) is 0 Å². The molecule has 2 aromatic heterocycles. The minimum absolute atomic E-state index is 0.206. The zero-order valence-electron chi connectivity index (χ0n) is 19.5. The number of amides is 1. The number of likely N-dealkylation sites (N-methyl/N-ethyl adjacent to an activating group) is 1. The van der Waals surface area contributed by atoms with E-state index in [-0.39, 0.29) is 6.61 Å². The van der Waals surface area contributed by atoms with Crippen molar-refractivity contribution >= 4 is 40.9 Å². The molecule has 0 aliphatic heterocycles. The molecule has 0 saturated heterocycles. The fraction of sp³-hybridized carbons (Fsp3) is 0.320. The summed E-state index contributed by atoms with van der Waals surface area (Å²) in [5, 5.41) is 1.12. The van der Waals surface area contributed by atoms with Gasteiger partial charge < -0.3 is 14.4 Å². The predicted octanol–water partition coefficient (Wildman–Crippen LogP) is 6.06. The fourth-order valence-corrected chi connectivity index (χ4v) is 3.52. The first-order chi connectivity index (χ1) is 15.6. The van der Waals surface area contributed by atoms with Crippen molar-refractivity contribution in [3.05, 3.63) is 70.5 Å². The number of halogens is 1. The van der Waals surface area contributed by atoms with Crippen molar-refractivity contribution < 1.29 is 19.1 Å². The Balaban J connectivity index is 1.78. The molecule has 0 aliphatic carbocycles. The molecule has 0 fully saturated rings. The molecule has 0 aliphatic rings. The minimum Gasteiger partial charge on any atom is -0.445 e. The van der Waals surface area contributed by atoms with E-state index in [2.05, 4.69) is 4.98 Å². The number of hydrogen-bond acceptors (Lipinski definition) is 5. The molecule has 0 unspecified atom stereocenters. The maximum absolute atomic E-state index is 12.8. The second-order valence-corrected chi connectivity index (χ2v) is 9.04. The Labute approximate surface area is 198 Å². The molecule has 0 N–H and O–H groups in total. The summed E-state index contributed by atoms with van der Waals surface area (Å²) in [6, 6.07) is 11.2. The number of fused-ring (bicyclic) bond motifs is 1. The maximum atomic E-state index is 12.8. The molecular formula is C25H28ClN3O4. The number of hydrogen-bond donors (Lipinski definition) is 0. The first kappa shape index (κ1) is 24.3. The number of carbonyl (C=O) groups excluding carboxylic acids is 2. The number of carbonyl (C=O) groups is 2. The summed E-state index contributed by atoms with van der Waals surface area (Å²) >= 11 is 6.45. The number of pyridine rings is 1. The Bertz CT molecular complexity index is 1180. The van der Waals surface area contributed by atoms with Gasteiger partial charge in [0.05, 0.1) is 5.02 Å². The highest BCUT2D eigenvalue weighted by Gasteiger charge is 2.25. The Kier molecular flexibility index (Phi) is 7.43. The van der Waals surface area contributed by atoms with Gasteiger partial charge in [0.2, 0.25) is 0 Å². The largest absolute Gasteiger partial charge is 0.445 e. The van der Waals surface area contributed by atoms with Crippen LogP contribution in [0.15, 0.2) is 48.7 Å². The molecule has 0 saturated carbocycles. The van der Waals surface area contributed by atoms with Gasteiger partial charge in [-0.2, -0.15) is 0 Å². The third-order valence-electron chi connectivity index (χ3n) is 4.84. The third kappa shape index (κ3) is 5.93. The van der Waals surface area contributed by atoms with Crippen LogP contribution in [0.4, 0.5) is 9.59 Å². The summed E-state index contributed by atoms with van der Waals surface area (Å²) in [6.45, 7) is 7.74. The van der Waals surface area contributed by atoms with Crippen LogP contribution in [0.25, 0.3) is 17.1 Å². The lowest BCUT2D eigenvalue weighted by atomic mass is 10.1. The van der Waals surface area contributed by atoms with Crippen LogP contribution in [0.1, 0.15) is 37.6 Å². The van der Waals surface area contributed by atoms with Crippen LogP contribution in [0, 0.1) is 6.92 Å². The van der Waals surface area contributed by atoms with Gasteiger partial charge in [-0.3, -0.25) is 0 Å². The highest BCUT2D eigenvalue weighted by molar-refractivity contribution is 6.36. The zero-order chi connectivity index (χ0) is 24.2. The van der Waals surface area contributed by atoms with Crippen LogP contribution in [0.3, 0.4) is 0 Å². The van der Waals surface area contributed by atoms with Gasteiger partial charge in [-0.05, 0) is 39.3 Å². The molecule has 0 bridgehead atoms. The molecule has 0 atom stereocenters. The number of rotatable bonds is 5. The van der Waals surface area contributed by atoms with Crippen molar-refractivity contribution in [2.45, 2.75) is 39.9 Å². The molecule has 1 aromatic carbocycles. The van der Waals surface area contributed by atoms with Gasteiger partial charge in [0, 0.05) is 36.4 Å².